The van der Waals surface area contributed by atoms with Gasteiger partial charge in [-0.05, 0) is 6.07 Å². The lowest BCUT2D eigenvalue weighted by molar-refractivity contribution is -0.134. The first-order valence-corrected chi connectivity index (χ1v) is 11.1. The van der Waals surface area contributed by atoms with Gasteiger partial charge in [0, 0.05) is 75.9 Å². The fourth-order valence-electron chi connectivity index (χ4n) is 4.20. The summed E-state index contributed by atoms with van der Waals surface area (Å²) >= 11 is 0. The van der Waals surface area contributed by atoms with Crippen molar-refractivity contribution in [1.29, 1.82) is 0 Å². The third kappa shape index (κ3) is 5.22. The summed E-state index contributed by atoms with van der Waals surface area (Å²) in [4.78, 5) is 41.3. The molecule has 0 atom stereocenters. The van der Waals surface area contributed by atoms with Gasteiger partial charge in [0.1, 0.15) is 5.82 Å². The van der Waals surface area contributed by atoms with Crippen LogP contribution in [-0.4, -0.2) is 70.1 Å². The molecule has 0 bridgehead atoms. The van der Waals surface area contributed by atoms with Crippen molar-refractivity contribution in [3.05, 3.63) is 52.6 Å². The van der Waals surface area contributed by atoms with E-state index in [9.17, 15) is 18.8 Å². The number of nitrogens with zero attached hydrogens (tertiary/aromatic N) is 4. The summed E-state index contributed by atoms with van der Waals surface area (Å²) in [6.45, 7) is 2.94. The molecule has 1 N–H and O–H groups in total. The first-order chi connectivity index (χ1) is 15.9. The van der Waals surface area contributed by atoms with Crippen LogP contribution in [0.1, 0.15) is 40.2 Å². The number of halogens is 1. The average molecular weight is 458 g/mol. The minimum absolute atomic E-state index is 0.0171. The molecule has 176 valence electrons. The monoisotopic (exact) mass is 457 g/mol. The number of ether oxygens (including phenoxy) is 1. The van der Waals surface area contributed by atoms with Crippen molar-refractivity contribution in [1.82, 2.24) is 24.9 Å². The molecule has 1 aromatic carbocycles. The second-order valence-corrected chi connectivity index (χ2v) is 8.24. The van der Waals surface area contributed by atoms with Gasteiger partial charge in [0.05, 0.1) is 13.2 Å². The second kappa shape index (κ2) is 10.1. The quantitative estimate of drug-likeness (QED) is 0.699. The number of aryl methyl sites for hydroxylation is 1. The lowest BCUT2D eigenvalue weighted by atomic mass is 10.0. The Hall–Kier alpha value is -3.27. The van der Waals surface area contributed by atoms with Crippen molar-refractivity contribution in [3.63, 3.8) is 0 Å². The first-order valence-electron chi connectivity index (χ1n) is 11.1. The van der Waals surface area contributed by atoms with E-state index < -0.39 is 0 Å². The Morgan fingerprint density at radius 3 is 2.61 bits per heavy atom. The number of carbonyl (C=O) groups excluding carboxylic acids is 3. The molecule has 0 aliphatic carbocycles. The Labute approximate surface area is 191 Å². The molecule has 0 spiro atoms. The van der Waals surface area contributed by atoms with E-state index in [0.717, 1.165) is 11.3 Å². The number of morpholine rings is 1. The zero-order chi connectivity index (χ0) is 23.4. The molecule has 3 heterocycles. The topological polar surface area (TPSA) is 96.8 Å². The average Bonchev–Trinajstić information content (AvgIpc) is 3.17. The van der Waals surface area contributed by atoms with Crippen molar-refractivity contribution < 1.29 is 23.5 Å². The molecule has 0 saturated carbocycles. The SMILES string of the molecule is Cn1nc(C(=O)N2CCOCC2)c2c1CCN(C(=O)CCC(=O)NCc1ccccc1F)C2. The van der Waals surface area contributed by atoms with Gasteiger partial charge < -0.3 is 19.9 Å². The van der Waals surface area contributed by atoms with Crippen molar-refractivity contribution in [3.8, 4) is 0 Å². The summed E-state index contributed by atoms with van der Waals surface area (Å²) in [6.07, 6.45) is 0.662. The minimum atomic E-state index is -0.378. The number of aromatic nitrogens is 2. The van der Waals surface area contributed by atoms with Gasteiger partial charge in [-0.3, -0.25) is 19.1 Å². The van der Waals surface area contributed by atoms with Gasteiger partial charge in [-0.25, -0.2) is 4.39 Å². The molecular weight excluding hydrogens is 429 g/mol. The molecule has 2 aromatic rings. The number of hydrogen-bond donors (Lipinski definition) is 1. The van der Waals surface area contributed by atoms with Crippen molar-refractivity contribution in [2.45, 2.75) is 32.4 Å². The number of carbonyl (C=O) groups is 3. The van der Waals surface area contributed by atoms with Crippen molar-refractivity contribution >= 4 is 17.7 Å². The third-order valence-electron chi connectivity index (χ3n) is 6.10. The molecular formula is C23H28FN5O4. The van der Waals surface area contributed by atoms with Gasteiger partial charge in [0.15, 0.2) is 5.69 Å². The molecule has 3 amide bonds. The van der Waals surface area contributed by atoms with Crippen LogP contribution in [0.2, 0.25) is 0 Å². The lowest BCUT2D eigenvalue weighted by Gasteiger charge is -2.29. The fourth-order valence-corrected chi connectivity index (χ4v) is 4.20. The Balaban J connectivity index is 1.33. The molecule has 2 aliphatic heterocycles. The molecule has 2 aliphatic rings. The van der Waals surface area contributed by atoms with Crippen LogP contribution in [0.25, 0.3) is 0 Å². The molecule has 1 aromatic heterocycles. The zero-order valence-electron chi connectivity index (χ0n) is 18.7. The van der Waals surface area contributed by atoms with Gasteiger partial charge >= 0.3 is 0 Å². The largest absolute Gasteiger partial charge is 0.378 e. The van der Waals surface area contributed by atoms with Crippen LogP contribution in [0.3, 0.4) is 0 Å². The van der Waals surface area contributed by atoms with E-state index >= 15 is 0 Å². The molecule has 0 unspecified atom stereocenters. The molecule has 9 nitrogen and oxygen atoms in total. The van der Waals surface area contributed by atoms with E-state index in [-0.39, 0.29) is 42.9 Å². The zero-order valence-corrected chi connectivity index (χ0v) is 18.7. The van der Waals surface area contributed by atoms with E-state index in [4.69, 9.17) is 4.74 Å². The highest BCUT2D eigenvalue weighted by atomic mass is 19.1. The highest BCUT2D eigenvalue weighted by molar-refractivity contribution is 5.94. The Bertz CT molecular complexity index is 1050. The number of nitrogens with one attached hydrogen (secondary N) is 1. The van der Waals surface area contributed by atoms with Crippen molar-refractivity contribution in [2.24, 2.45) is 7.05 Å². The fraction of sp³-hybridized carbons (Fsp3) is 0.478. The molecule has 0 radical (unpaired) electrons. The molecule has 33 heavy (non-hydrogen) atoms. The van der Waals surface area contributed by atoms with Gasteiger partial charge in [-0.1, -0.05) is 18.2 Å². The Morgan fingerprint density at radius 1 is 1.09 bits per heavy atom. The summed E-state index contributed by atoms with van der Waals surface area (Å²) in [6, 6.07) is 6.24. The normalized spacial score (nSPS) is 15.8. The predicted octanol–water partition coefficient (Wildman–Crippen LogP) is 1.01. The minimum Gasteiger partial charge on any atom is -0.378 e. The maximum absolute atomic E-state index is 13.7. The van der Waals surface area contributed by atoms with Crippen LogP contribution in [0.5, 0.6) is 0 Å². The van der Waals surface area contributed by atoms with Crippen LogP contribution in [0.15, 0.2) is 24.3 Å². The van der Waals surface area contributed by atoms with Crippen LogP contribution in [0, 0.1) is 5.82 Å². The van der Waals surface area contributed by atoms with Gasteiger partial charge in [0.25, 0.3) is 5.91 Å². The Kier molecular flexibility index (Phi) is 7.02. The first kappa shape index (κ1) is 22.9. The van der Waals surface area contributed by atoms with Crippen molar-refractivity contribution in [2.75, 3.05) is 32.8 Å². The number of hydrogen-bond acceptors (Lipinski definition) is 5. The van der Waals surface area contributed by atoms with Crippen LogP contribution >= 0.6 is 0 Å². The number of amides is 3. The predicted molar refractivity (Wildman–Crippen MR) is 117 cm³/mol. The molecule has 1 fully saturated rings. The number of fused-ring (bicyclic) bond motifs is 1. The summed E-state index contributed by atoms with van der Waals surface area (Å²) in [7, 11) is 1.81. The van der Waals surface area contributed by atoms with Crippen LogP contribution in [-0.2, 0) is 40.9 Å². The van der Waals surface area contributed by atoms with E-state index in [2.05, 4.69) is 10.4 Å². The highest BCUT2D eigenvalue weighted by Crippen LogP contribution is 2.24. The summed E-state index contributed by atoms with van der Waals surface area (Å²) < 4.78 is 20.7. The number of benzene rings is 1. The van der Waals surface area contributed by atoms with E-state index in [1.165, 1.54) is 6.07 Å². The van der Waals surface area contributed by atoms with Crippen LogP contribution in [0.4, 0.5) is 4.39 Å². The summed E-state index contributed by atoms with van der Waals surface area (Å²) in [5.74, 6) is -0.988. The van der Waals surface area contributed by atoms with Gasteiger partial charge in [-0.2, -0.15) is 5.10 Å². The maximum Gasteiger partial charge on any atom is 0.274 e. The van der Waals surface area contributed by atoms with E-state index in [1.807, 2.05) is 7.05 Å². The third-order valence-corrected chi connectivity index (χ3v) is 6.10. The van der Waals surface area contributed by atoms with E-state index in [1.54, 1.807) is 32.7 Å². The van der Waals surface area contributed by atoms with Crippen LogP contribution < -0.4 is 5.32 Å². The summed E-state index contributed by atoms with van der Waals surface area (Å²) in [5, 5.41) is 7.10. The summed E-state index contributed by atoms with van der Waals surface area (Å²) in [5.41, 5.74) is 2.51. The molecule has 4 rings (SSSR count). The maximum atomic E-state index is 13.7. The Morgan fingerprint density at radius 2 is 1.85 bits per heavy atom. The molecule has 10 heteroatoms. The number of rotatable bonds is 6. The van der Waals surface area contributed by atoms with E-state index in [0.29, 0.717) is 57.1 Å². The molecule has 1 saturated heterocycles. The highest BCUT2D eigenvalue weighted by Gasteiger charge is 2.31. The van der Waals surface area contributed by atoms with Gasteiger partial charge in [0.2, 0.25) is 11.8 Å². The smallest absolute Gasteiger partial charge is 0.274 e. The van der Waals surface area contributed by atoms with Gasteiger partial charge in [-0.15, -0.1) is 0 Å². The lowest BCUT2D eigenvalue weighted by Crippen LogP contribution is -2.42. The standard InChI is InChI=1S/C23H28FN5O4/c1-27-19-8-9-29(15-17(19)22(26-27)23(32)28-10-12-33-13-11-28)21(31)7-6-20(30)25-14-16-4-2-3-5-18(16)24/h2-5H,6-15H2,1H3,(H,25,30). The second-order valence-electron chi connectivity index (χ2n) is 8.24.